The fourth-order valence-corrected chi connectivity index (χ4v) is 1.52. The molecule has 2 atom stereocenters. The van der Waals surface area contributed by atoms with E-state index in [1.165, 1.54) is 0 Å². The molecule has 1 aromatic heterocycles. The summed E-state index contributed by atoms with van der Waals surface area (Å²) in [5.41, 5.74) is 0. The summed E-state index contributed by atoms with van der Waals surface area (Å²) in [6.07, 6.45) is 10.1. The lowest BCUT2D eigenvalue weighted by atomic mass is 10.1. The number of hydrogen-bond donors (Lipinski definition) is 1. The second-order valence-electron chi connectivity index (χ2n) is 3.81. The molecular formula is C13H19NO. The van der Waals surface area contributed by atoms with E-state index in [1.807, 2.05) is 12.1 Å². The first-order chi connectivity index (χ1) is 7.26. The Bertz CT molecular complexity index is 297. The highest BCUT2D eigenvalue weighted by atomic mass is 16.3. The Balaban J connectivity index is 2.24. The van der Waals surface area contributed by atoms with Crippen molar-refractivity contribution in [3.63, 3.8) is 0 Å². The van der Waals surface area contributed by atoms with Crippen molar-refractivity contribution < 1.29 is 4.42 Å². The molecule has 0 saturated heterocycles. The normalized spacial score (nSPS) is 14.5. The minimum Gasteiger partial charge on any atom is -0.469 e. The first-order valence-corrected chi connectivity index (χ1v) is 5.50. The lowest BCUT2D eigenvalue weighted by Crippen LogP contribution is -2.35. The van der Waals surface area contributed by atoms with Crippen LogP contribution < -0.4 is 5.32 Å². The van der Waals surface area contributed by atoms with E-state index >= 15 is 0 Å². The molecule has 1 N–H and O–H groups in total. The van der Waals surface area contributed by atoms with Crippen LogP contribution in [0.2, 0.25) is 0 Å². The summed E-state index contributed by atoms with van der Waals surface area (Å²) in [5.74, 6) is 3.78. The predicted molar refractivity (Wildman–Crippen MR) is 62.5 cm³/mol. The number of aryl methyl sites for hydroxylation is 1. The van der Waals surface area contributed by atoms with Crippen LogP contribution in [0.3, 0.4) is 0 Å². The average molecular weight is 205 g/mol. The zero-order valence-electron chi connectivity index (χ0n) is 9.49. The van der Waals surface area contributed by atoms with Crippen LogP contribution in [0.15, 0.2) is 22.8 Å². The highest BCUT2D eigenvalue weighted by Crippen LogP contribution is 2.06. The second kappa shape index (κ2) is 6.31. The lowest BCUT2D eigenvalue weighted by Gasteiger charge is -2.17. The van der Waals surface area contributed by atoms with Gasteiger partial charge in [-0.1, -0.05) is 12.8 Å². The standard InChI is InChI=1S/C13H19NO/c1-4-12(5-2)14-11(3)8-9-13-7-6-10-15-13/h1,6-7,10-12,14H,5,8-9H2,2-3H3. The van der Waals surface area contributed by atoms with Gasteiger partial charge in [-0.15, -0.1) is 6.42 Å². The van der Waals surface area contributed by atoms with Gasteiger partial charge in [-0.2, -0.15) is 0 Å². The minimum absolute atomic E-state index is 0.191. The Morgan fingerprint density at radius 1 is 1.60 bits per heavy atom. The predicted octanol–water partition coefficient (Wildman–Crippen LogP) is 2.60. The van der Waals surface area contributed by atoms with Crippen molar-refractivity contribution in [1.29, 1.82) is 0 Å². The largest absolute Gasteiger partial charge is 0.469 e. The molecule has 15 heavy (non-hydrogen) atoms. The molecule has 0 radical (unpaired) electrons. The molecule has 0 saturated carbocycles. The number of rotatable bonds is 6. The van der Waals surface area contributed by atoms with Crippen LogP contribution in [-0.4, -0.2) is 12.1 Å². The Morgan fingerprint density at radius 3 is 2.93 bits per heavy atom. The number of terminal acetylenes is 1. The van der Waals surface area contributed by atoms with E-state index < -0.39 is 0 Å². The summed E-state index contributed by atoms with van der Waals surface area (Å²) >= 11 is 0. The van der Waals surface area contributed by atoms with E-state index in [-0.39, 0.29) is 6.04 Å². The van der Waals surface area contributed by atoms with Crippen LogP contribution in [0.25, 0.3) is 0 Å². The van der Waals surface area contributed by atoms with Crippen molar-refractivity contribution in [2.45, 2.75) is 45.2 Å². The van der Waals surface area contributed by atoms with Crippen LogP contribution >= 0.6 is 0 Å². The molecule has 0 bridgehead atoms. The third kappa shape index (κ3) is 4.22. The molecule has 82 valence electrons. The van der Waals surface area contributed by atoms with Gasteiger partial charge in [-0.3, -0.25) is 0 Å². The maximum absolute atomic E-state index is 5.39. The maximum Gasteiger partial charge on any atom is 0.103 e. The molecule has 0 amide bonds. The topological polar surface area (TPSA) is 25.2 Å². The van der Waals surface area contributed by atoms with Gasteiger partial charge in [-0.05, 0) is 31.9 Å². The summed E-state index contributed by atoms with van der Waals surface area (Å²) in [6, 6.07) is 4.54. The van der Waals surface area contributed by atoms with Gasteiger partial charge >= 0.3 is 0 Å². The molecule has 2 heteroatoms. The number of furan rings is 1. The molecule has 1 heterocycles. The second-order valence-corrected chi connectivity index (χ2v) is 3.81. The van der Waals surface area contributed by atoms with E-state index in [9.17, 15) is 0 Å². The minimum atomic E-state index is 0.191. The summed E-state index contributed by atoms with van der Waals surface area (Å²) in [4.78, 5) is 0. The molecule has 0 aliphatic rings. The molecule has 1 aromatic rings. The van der Waals surface area contributed by atoms with Gasteiger partial charge in [0.15, 0.2) is 0 Å². The molecular weight excluding hydrogens is 186 g/mol. The van der Waals surface area contributed by atoms with Crippen molar-refractivity contribution in [1.82, 2.24) is 5.32 Å². The maximum atomic E-state index is 5.39. The lowest BCUT2D eigenvalue weighted by molar-refractivity contribution is 0.440. The molecule has 2 nitrogen and oxygen atoms in total. The molecule has 0 aliphatic carbocycles. The van der Waals surface area contributed by atoms with Gasteiger partial charge in [0.2, 0.25) is 0 Å². The van der Waals surface area contributed by atoms with Crippen molar-refractivity contribution in [2.75, 3.05) is 0 Å². The van der Waals surface area contributed by atoms with Crippen LogP contribution in [0.4, 0.5) is 0 Å². The Morgan fingerprint density at radius 2 is 2.40 bits per heavy atom. The summed E-state index contributed by atoms with van der Waals surface area (Å²) in [7, 11) is 0. The summed E-state index contributed by atoms with van der Waals surface area (Å²) < 4.78 is 5.27. The van der Waals surface area contributed by atoms with E-state index in [4.69, 9.17) is 10.8 Å². The molecule has 0 aliphatic heterocycles. The van der Waals surface area contributed by atoms with Gasteiger partial charge in [0.05, 0.1) is 12.3 Å². The van der Waals surface area contributed by atoms with E-state index in [1.54, 1.807) is 6.26 Å². The molecule has 0 spiro atoms. The molecule has 2 unspecified atom stereocenters. The average Bonchev–Trinajstić information content (AvgIpc) is 2.75. The fraction of sp³-hybridized carbons (Fsp3) is 0.538. The van der Waals surface area contributed by atoms with Gasteiger partial charge < -0.3 is 9.73 Å². The van der Waals surface area contributed by atoms with Crippen LogP contribution in [-0.2, 0) is 6.42 Å². The van der Waals surface area contributed by atoms with Crippen LogP contribution in [0.5, 0.6) is 0 Å². The van der Waals surface area contributed by atoms with Crippen LogP contribution in [0, 0.1) is 12.3 Å². The Labute approximate surface area is 92.1 Å². The summed E-state index contributed by atoms with van der Waals surface area (Å²) in [6.45, 7) is 4.25. The third-order valence-corrected chi connectivity index (χ3v) is 2.50. The van der Waals surface area contributed by atoms with Crippen molar-refractivity contribution in [3.8, 4) is 12.3 Å². The van der Waals surface area contributed by atoms with Gasteiger partial charge in [-0.25, -0.2) is 0 Å². The first kappa shape index (κ1) is 11.9. The van der Waals surface area contributed by atoms with Crippen molar-refractivity contribution in [3.05, 3.63) is 24.2 Å². The van der Waals surface area contributed by atoms with E-state index in [0.717, 1.165) is 25.0 Å². The van der Waals surface area contributed by atoms with Gasteiger partial charge in [0.1, 0.15) is 5.76 Å². The van der Waals surface area contributed by atoms with Crippen molar-refractivity contribution >= 4 is 0 Å². The molecule has 0 aromatic carbocycles. The Kier molecular flexibility index (Phi) is 5.00. The quantitative estimate of drug-likeness (QED) is 0.722. The van der Waals surface area contributed by atoms with Gasteiger partial charge in [0, 0.05) is 12.5 Å². The molecule has 0 fully saturated rings. The zero-order chi connectivity index (χ0) is 11.1. The highest BCUT2D eigenvalue weighted by molar-refractivity contribution is 5.00. The van der Waals surface area contributed by atoms with E-state index in [0.29, 0.717) is 6.04 Å². The monoisotopic (exact) mass is 205 g/mol. The third-order valence-electron chi connectivity index (χ3n) is 2.50. The van der Waals surface area contributed by atoms with E-state index in [2.05, 4.69) is 25.1 Å². The number of nitrogens with one attached hydrogen (secondary N) is 1. The summed E-state index contributed by atoms with van der Waals surface area (Å²) in [5, 5.41) is 3.40. The number of hydrogen-bond acceptors (Lipinski definition) is 2. The highest BCUT2D eigenvalue weighted by Gasteiger charge is 2.08. The molecule has 1 rings (SSSR count). The smallest absolute Gasteiger partial charge is 0.103 e. The fourth-order valence-electron chi connectivity index (χ4n) is 1.52. The Hall–Kier alpha value is -1.20. The van der Waals surface area contributed by atoms with Crippen molar-refractivity contribution in [2.24, 2.45) is 0 Å². The van der Waals surface area contributed by atoms with Crippen LogP contribution in [0.1, 0.15) is 32.4 Å². The zero-order valence-corrected chi connectivity index (χ0v) is 9.49. The SMILES string of the molecule is C#CC(CC)NC(C)CCc1ccco1. The van der Waals surface area contributed by atoms with Gasteiger partial charge in [0.25, 0.3) is 0 Å². The first-order valence-electron chi connectivity index (χ1n) is 5.50.